The van der Waals surface area contributed by atoms with Crippen molar-refractivity contribution in [2.24, 2.45) is 0 Å². The Morgan fingerprint density at radius 3 is 2.79 bits per heavy atom. The van der Waals surface area contributed by atoms with Gasteiger partial charge in [-0.1, -0.05) is 35.0 Å². The van der Waals surface area contributed by atoms with E-state index >= 15 is 0 Å². The van der Waals surface area contributed by atoms with Gasteiger partial charge in [-0.15, -0.1) is 11.8 Å². The number of nitrogens with one attached hydrogen (secondary N) is 1. The first-order valence-corrected chi connectivity index (χ1v) is 7.02. The van der Waals surface area contributed by atoms with Crippen LogP contribution in [0.3, 0.4) is 0 Å². The molecule has 0 aliphatic heterocycles. The first-order valence-electron chi connectivity index (χ1n) is 5.87. The Morgan fingerprint density at radius 1 is 1.37 bits per heavy atom. The molecule has 0 unspecified atom stereocenters. The van der Waals surface area contributed by atoms with Crippen LogP contribution in [0.25, 0.3) is 11.4 Å². The summed E-state index contributed by atoms with van der Waals surface area (Å²) in [5.41, 5.74) is 2.12. The fourth-order valence-corrected chi connectivity index (χ4v) is 2.16. The lowest BCUT2D eigenvalue weighted by atomic mass is 10.1. The van der Waals surface area contributed by atoms with E-state index in [1.54, 1.807) is 7.05 Å². The Bertz CT molecular complexity index is 551. The Hall–Kier alpha value is -1.82. The molecule has 1 aromatic carbocycles. The summed E-state index contributed by atoms with van der Waals surface area (Å²) in [6, 6.07) is 7.93. The molecule has 5 nitrogen and oxygen atoms in total. The summed E-state index contributed by atoms with van der Waals surface area (Å²) in [4.78, 5) is 15.4. The van der Waals surface area contributed by atoms with E-state index in [0.29, 0.717) is 23.2 Å². The number of aryl methyl sites for hydroxylation is 1. The molecule has 6 heteroatoms. The quantitative estimate of drug-likeness (QED) is 0.905. The second kappa shape index (κ2) is 6.38. The minimum absolute atomic E-state index is 0.0109. The molecule has 0 fully saturated rings. The molecule has 2 aromatic rings. The lowest BCUT2D eigenvalue weighted by Crippen LogP contribution is -2.19. The zero-order chi connectivity index (χ0) is 13.7. The third-order valence-electron chi connectivity index (χ3n) is 2.52. The summed E-state index contributed by atoms with van der Waals surface area (Å²) >= 11 is 1.44. The molecule has 100 valence electrons. The normalized spacial score (nSPS) is 10.4. The van der Waals surface area contributed by atoms with E-state index in [4.69, 9.17) is 4.52 Å². The molecule has 1 N–H and O–H groups in total. The number of hydrogen-bond donors (Lipinski definition) is 1. The van der Waals surface area contributed by atoms with Gasteiger partial charge in [-0.25, -0.2) is 0 Å². The summed E-state index contributed by atoms with van der Waals surface area (Å²) < 4.78 is 5.15. The van der Waals surface area contributed by atoms with E-state index in [9.17, 15) is 4.79 Å². The summed E-state index contributed by atoms with van der Waals surface area (Å²) in [6.07, 6.45) is 0. The highest BCUT2D eigenvalue weighted by Gasteiger charge is 2.09. The number of nitrogens with zero attached hydrogens (tertiary/aromatic N) is 2. The average Bonchev–Trinajstić information content (AvgIpc) is 2.88. The number of carbonyl (C=O) groups is 1. The fraction of sp³-hybridized carbons (Fsp3) is 0.308. The molecular weight excluding hydrogens is 262 g/mol. The summed E-state index contributed by atoms with van der Waals surface area (Å²) in [7, 11) is 1.62. The van der Waals surface area contributed by atoms with Crippen molar-refractivity contribution in [1.82, 2.24) is 15.5 Å². The average molecular weight is 277 g/mol. The van der Waals surface area contributed by atoms with Crippen LogP contribution in [0.2, 0.25) is 0 Å². The van der Waals surface area contributed by atoms with E-state index < -0.39 is 0 Å². The van der Waals surface area contributed by atoms with Gasteiger partial charge in [0.25, 0.3) is 0 Å². The van der Waals surface area contributed by atoms with Crippen LogP contribution in [-0.2, 0) is 10.5 Å². The van der Waals surface area contributed by atoms with Crippen molar-refractivity contribution in [3.63, 3.8) is 0 Å². The maximum atomic E-state index is 11.1. The highest BCUT2D eigenvalue weighted by Crippen LogP contribution is 2.18. The molecule has 0 saturated heterocycles. The third kappa shape index (κ3) is 3.82. The molecule has 19 heavy (non-hydrogen) atoms. The highest BCUT2D eigenvalue weighted by molar-refractivity contribution is 7.99. The first kappa shape index (κ1) is 13.6. The minimum atomic E-state index is -0.0109. The van der Waals surface area contributed by atoms with Gasteiger partial charge in [-0.3, -0.25) is 4.79 Å². The lowest BCUT2D eigenvalue weighted by Gasteiger charge is -1.96. The second-order valence-corrected chi connectivity index (χ2v) is 5.03. The predicted octanol–water partition coefficient (Wildman–Crippen LogP) is 2.02. The van der Waals surface area contributed by atoms with Crippen molar-refractivity contribution in [2.75, 3.05) is 12.8 Å². The van der Waals surface area contributed by atoms with Gasteiger partial charge in [-0.05, 0) is 6.92 Å². The van der Waals surface area contributed by atoms with Crippen LogP contribution in [0.1, 0.15) is 11.5 Å². The van der Waals surface area contributed by atoms with Crippen LogP contribution in [0.15, 0.2) is 28.8 Å². The zero-order valence-corrected chi connectivity index (χ0v) is 11.7. The zero-order valence-electron chi connectivity index (χ0n) is 10.8. The molecule has 0 aliphatic rings. The van der Waals surface area contributed by atoms with Crippen LogP contribution in [-0.4, -0.2) is 28.8 Å². The molecule has 1 aromatic heterocycles. The van der Waals surface area contributed by atoms with E-state index in [1.807, 2.05) is 31.2 Å². The highest BCUT2D eigenvalue weighted by atomic mass is 32.2. The van der Waals surface area contributed by atoms with Crippen LogP contribution in [0, 0.1) is 6.92 Å². The molecule has 0 spiro atoms. The molecule has 0 saturated carbocycles. The van der Waals surface area contributed by atoms with Crippen molar-refractivity contribution in [2.45, 2.75) is 12.7 Å². The van der Waals surface area contributed by atoms with E-state index in [0.717, 1.165) is 5.56 Å². The molecule has 2 rings (SSSR count). The van der Waals surface area contributed by atoms with Gasteiger partial charge in [0.15, 0.2) is 0 Å². The molecule has 0 atom stereocenters. The molecule has 0 radical (unpaired) electrons. The van der Waals surface area contributed by atoms with E-state index in [2.05, 4.69) is 15.5 Å². The number of rotatable bonds is 5. The van der Waals surface area contributed by atoms with Crippen LogP contribution in [0.5, 0.6) is 0 Å². The van der Waals surface area contributed by atoms with Gasteiger partial charge < -0.3 is 9.84 Å². The number of amides is 1. The van der Waals surface area contributed by atoms with Crippen molar-refractivity contribution in [3.8, 4) is 11.4 Å². The van der Waals surface area contributed by atoms with Crippen molar-refractivity contribution in [1.29, 1.82) is 0 Å². The van der Waals surface area contributed by atoms with Gasteiger partial charge >= 0.3 is 0 Å². The van der Waals surface area contributed by atoms with Gasteiger partial charge in [0, 0.05) is 12.6 Å². The number of hydrogen-bond acceptors (Lipinski definition) is 5. The second-order valence-electron chi connectivity index (χ2n) is 4.04. The molecular formula is C13H15N3O2S. The molecule has 0 bridgehead atoms. The van der Waals surface area contributed by atoms with Gasteiger partial charge in [0.2, 0.25) is 17.6 Å². The maximum Gasteiger partial charge on any atom is 0.236 e. The molecule has 1 heterocycles. The smallest absolute Gasteiger partial charge is 0.236 e. The van der Waals surface area contributed by atoms with Crippen molar-refractivity contribution >= 4 is 17.7 Å². The predicted molar refractivity (Wildman–Crippen MR) is 74.7 cm³/mol. The lowest BCUT2D eigenvalue weighted by molar-refractivity contribution is -0.118. The number of aromatic nitrogens is 2. The fourth-order valence-electron chi connectivity index (χ4n) is 1.44. The van der Waals surface area contributed by atoms with E-state index in [1.165, 1.54) is 17.3 Å². The maximum absolute atomic E-state index is 11.1. The summed E-state index contributed by atoms with van der Waals surface area (Å²) in [5, 5.41) is 6.50. The number of carbonyl (C=O) groups excluding carboxylic acids is 1. The van der Waals surface area contributed by atoms with Crippen LogP contribution < -0.4 is 5.32 Å². The van der Waals surface area contributed by atoms with E-state index in [-0.39, 0.29) is 5.91 Å². The van der Waals surface area contributed by atoms with Gasteiger partial charge in [0.05, 0.1) is 11.5 Å². The standard InChI is InChI=1S/C13H15N3O2S/c1-9-3-5-10(6-4-9)13-15-12(18-16-13)8-19-7-11(17)14-2/h3-6H,7-8H2,1-2H3,(H,14,17). The molecule has 0 aliphatic carbocycles. The molecule has 1 amide bonds. The van der Waals surface area contributed by atoms with Crippen molar-refractivity contribution in [3.05, 3.63) is 35.7 Å². The largest absolute Gasteiger partial charge is 0.358 e. The van der Waals surface area contributed by atoms with Gasteiger partial charge in [0.1, 0.15) is 0 Å². The third-order valence-corrected chi connectivity index (χ3v) is 3.43. The summed E-state index contributed by atoms with van der Waals surface area (Å²) in [5.74, 6) is 2.02. The number of benzene rings is 1. The topological polar surface area (TPSA) is 68.0 Å². The first-order chi connectivity index (χ1) is 9.19. The number of thioether (sulfide) groups is 1. The monoisotopic (exact) mass is 277 g/mol. The minimum Gasteiger partial charge on any atom is -0.358 e. The Balaban J connectivity index is 1.95. The Kier molecular flexibility index (Phi) is 4.57. The SMILES string of the molecule is CNC(=O)CSCc1nc(-c2ccc(C)cc2)no1. The van der Waals surface area contributed by atoms with Crippen LogP contribution in [0.4, 0.5) is 0 Å². The van der Waals surface area contributed by atoms with Gasteiger partial charge in [-0.2, -0.15) is 4.98 Å². The van der Waals surface area contributed by atoms with Crippen LogP contribution >= 0.6 is 11.8 Å². The Labute approximate surface area is 115 Å². The van der Waals surface area contributed by atoms with Crippen molar-refractivity contribution < 1.29 is 9.32 Å². The Morgan fingerprint density at radius 2 is 2.11 bits per heavy atom. The summed E-state index contributed by atoms with van der Waals surface area (Å²) in [6.45, 7) is 2.03.